The van der Waals surface area contributed by atoms with Crippen LogP contribution in [0.15, 0.2) is 48.5 Å². The molecule has 0 N–H and O–H groups in total. The Bertz CT molecular complexity index is 624. The summed E-state index contributed by atoms with van der Waals surface area (Å²) in [7, 11) is 0. The van der Waals surface area contributed by atoms with E-state index in [0.29, 0.717) is 24.7 Å². The molecule has 2 aromatic rings. The average Bonchev–Trinajstić information content (AvgIpc) is 2.56. The largest absolute Gasteiger partial charge is 0.489 e. The fraction of sp³-hybridized carbons (Fsp3) is 0.278. The number of rotatable bonds is 7. The molecule has 2 aromatic carbocycles. The summed E-state index contributed by atoms with van der Waals surface area (Å²) in [6.45, 7) is 2.56. The Kier molecular flexibility index (Phi) is 6.75. The number of benzene rings is 2. The molecule has 23 heavy (non-hydrogen) atoms. The number of carbonyl (C=O) groups excluding carboxylic acids is 1. The van der Waals surface area contributed by atoms with E-state index >= 15 is 0 Å². The molecule has 5 heteroatoms. The third kappa shape index (κ3) is 5.77. The van der Waals surface area contributed by atoms with Gasteiger partial charge in [-0.25, -0.2) is 0 Å². The number of halogens is 2. The van der Waals surface area contributed by atoms with Crippen LogP contribution in [0.4, 0.5) is 0 Å². The van der Waals surface area contributed by atoms with E-state index in [2.05, 4.69) is 0 Å². The molecule has 0 radical (unpaired) electrons. The average molecular weight is 353 g/mol. The normalized spacial score (nSPS) is 11.8. The first-order valence-corrected chi connectivity index (χ1v) is 8.17. The molecule has 0 aliphatic carbocycles. The monoisotopic (exact) mass is 352 g/mol. The second-order valence-electron chi connectivity index (χ2n) is 4.98. The highest BCUT2D eigenvalue weighted by molar-refractivity contribution is 6.30. The number of ether oxygens (including phenoxy) is 2. The van der Waals surface area contributed by atoms with Crippen molar-refractivity contribution in [1.29, 1.82) is 0 Å². The lowest BCUT2D eigenvalue weighted by Crippen LogP contribution is -2.20. The molecular weight excluding hydrogens is 335 g/mol. The Morgan fingerprint density at radius 2 is 1.65 bits per heavy atom. The van der Waals surface area contributed by atoms with Crippen molar-refractivity contribution in [3.8, 4) is 5.75 Å². The maximum Gasteiger partial charge on any atom is 0.324 e. The van der Waals surface area contributed by atoms with Crippen LogP contribution in [0.3, 0.4) is 0 Å². The zero-order valence-corrected chi connectivity index (χ0v) is 14.3. The molecule has 1 atom stereocenters. The predicted molar refractivity (Wildman–Crippen MR) is 92.2 cm³/mol. The van der Waals surface area contributed by atoms with Gasteiger partial charge in [-0.3, -0.25) is 4.79 Å². The molecule has 3 nitrogen and oxygen atoms in total. The molecule has 0 spiro atoms. The van der Waals surface area contributed by atoms with E-state index in [1.807, 2.05) is 48.5 Å². The van der Waals surface area contributed by atoms with E-state index in [0.717, 1.165) is 16.9 Å². The topological polar surface area (TPSA) is 35.5 Å². The van der Waals surface area contributed by atoms with Crippen LogP contribution >= 0.6 is 23.2 Å². The Morgan fingerprint density at radius 1 is 1.04 bits per heavy atom. The van der Waals surface area contributed by atoms with Crippen molar-refractivity contribution >= 4 is 29.2 Å². The minimum absolute atomic E-state index is 0.333. The lowest BCUT2D eigenvalue weighted by atomic mass is 10.1. The molecule has 0 heterocycles. The fourth-order valence-corrected chi connectivity index (χ4v) is 2.36. The Labute approximate surface area is 146 Å². The highest BCUT2D eigenvalue weighted by atomic mass is 35.5. The summed E-state index contributed by atoms with van der Waals surface area (Å²) in [5.74, 6) is 0.364. The number of hydrogen-bond donors (Lipinski definition) is 0. The molecule has 2 rings (SSSR count). The van der Waals surface area contributed by atoms with E-state index in [1.54, 1.807) is 6.92 Å². The molecule has 0 saturated heterocycles. The fourth-order valence-electron chi connectivity index (χ4n) is 1.99. The first-order chi connectivity index (χ1) is 11.1. The summed E-state index contributed by atoms with van der Waals surface area (Å²) in [6.07, 6.45) is 0.428. The van der Waals surface area contributed by atoms with E-state index in [4.69, 9.17) is 32.7 Å². The van der Waals surface area contributed by atoms with Crippen LogP contribution in [0.2, 0.25) is 5.02 Å². The first kappa shape index (κ1) is 17.6. The van der Waals surface area contributed by atoms with Gasteiger partial charge in [0, 0.05) is 5.02 Å². The molecule has 0 aliphatic heterocycles. The van der Waals surface area contributed by atoms with Crippen molar-refractivity contribution in [1.82, 2.24) is 0 Å². The van der Waals surface area contributed by atoms with Crippen molar-refractivity contribution in [2.75, 3.05) is 6.61 Å². The molecule has 0 aromatic heterocycles. The maximum atomic E-state index is 11.5. The van der Waals surface area contributed by atoms with Gasteiger partial charge in [-0.05, 0) is 48.7 Å². The van der Waals surface area contributed by atoms with Gasteiger partial charge >= 0.3 is 5.97 Å². The predicted octanol–water partition coefficient (Wildman–Crippen LogP) is 4.63. The number of carbonyl (C=O) groups is 1. The smallest absolute Gasteiger partial charge is 0.324 e. The zero-order valence-electron chi connectivity index (χ0n) is 12.8. The summed E-state index contributed by atoms with van der Waals surface area (Å²) in [5, 5.41) is 0.0334. The zero-order chi connectivity index (χ0) is 16.7. The van der Waals surface area contributed by atoms with Crippen molar-refractivity contribution in [3.05, 3.63) is 64.7 Å². The summed E-state index contributed by atoms with van der Waals surface area (Å²) < 4.78 is 10.6. The molecular formula is C18H18Cl2O3. The van der Waals surface area contributed by atoms with Gasteiger partial charge in [0.2, 0.25) is 0 Å². The van der Waals surface area contributed by atoms with E-state index in [-0.39, 0.29) is 0 Å². The van der Waals surface area contributed by atoms with Crippen molar-refractivity contribution < 1.29 is 14.3 Å². The maximum absolute atomic E-state index is 11.5. The lowest BCUT2D eigenvalue weighted by molar-refractivity contribution is -0.142. The minimum Gasteiger partial charge on any atom is -0.489 e. The molecule has 0 aliphatic rings. The molecule has 1 unspecified atom stereocenters. The van der Waals surface area contributed by atoms with Crippen LogP contribution in [0.5, 0.6) is 5.75 Å². The second kappa shape index (κ2) is 8.80. The van der Waals surface area contributed by atoms with Gasteiger partial charge in [0.05, 0.1) is 6.61 Å². The van der Waals surface area contributed by atoms with E-state index < -0.39 is 11.3 Å². The summed E-state index contributed by atoms with van der Waals surface area (Å²) >= 11 is 11.9. The standard InChI is InChI=1S/C18H18Cl2O3/c1-2-22-18(21)17(20)11-13-5-9-16(10-6-13)23-12-14-3-7-15(19)8-4-14/h3-10,17H,2,11-12H2,1H3. The van der Waals surface area contributed by atoms with Gasteiger partial charge < -0.3 is 9.47 Å². The Morgan fingerprint density at radius 3 is 2.26 bits per heavy atom. The van der Waals surface area contributed by atoms with Crippen LogP contribution in [-0.4, -0.2) is 18.0 Å². The van der Waals surface area contributed by atoms with Crippen LogP contribution in [-0.2, 0) is 22.6 Å². The highest BCUT2D eigenvalue weighted by Crippen LogP contribution is 2.17. The summed E-state index contributed by atoms with van der Waals surface area (Å²) in [5.41, 5.74) is 2.00. The minimum atomic E-state index is -0.671. The van der Waals surface area contributed by atoms with Gasteiger partial charge in [0.1, 0.15) is 17.7 Å². The van der Waals surface area contributed by atoms with Gasteiger partial charge in [0.25, 0.3) is 0 Å². The van der Waals surface area contributed by atoms with Gasteiger partial charge in [-0.1, -0.05) is 35.9 Å². The number of esters is 1. The SMILES string of the molecule is CCOC(=O)C(Cl)Cc1ccc(OCc2ccc(Cl)cc2)cc1. The van der Waals surface area contributed by atoms with Crippen molar-refractivity contribution in [3.63, 3.8) is 0 Å². The van der Waals surface area contributed by atoms with Crippen LogP contribution in [0, 0.1) is 0 Å². The Hall–Kier alpha value is -1.71. The Balaban J connectivity index is 1.86. The number of alkyl halides is 1. The van der Waals surface area contributed by atoms with Crippen LogP contribution < -0.4 is 4.74 Å². The van der Waals surface area contributed by atoms with Crippen molar-refractivity contribution in [2.24, 2.45) is 0 Å². The summed E-state index contributed by atoms with van der Waals surface area (Å²) in [4.78, 5) is 11.5. The molecule has 0 amide bonds. The van der Waals surface area contributed by atoms with Gasteiger partial charge in [0.15, 0.2) is 0 Å². The van der Waals surface area contributed by atoms with Gasteiger partial charge in [-0.2, -0.15) is 0 Å². The molecule has 0 fully saturated rings. The van der Waals surface area contributed by atoms with Crippen molar-refractivity contribution in [2.45, 2.75) is 25.3 Å². The quantitative estimate of drug-likeness (QED) is 0.538. The van der Waals surface area contributed by atoms with Crippen LogP contribution in [0.1, 0.15) is 18.1 Å². The van der Waals surface area contributed by atoms with Crippen LogP contribution in [0.25, 0.3) is 0 Å². The van der Waals surface area contributed by atoms with Gasteiger partial charge in [-0.15, -0.1) is 11.6 Å². The second-order valence-corrected chi connectivity index (χ2v) is 5.95. The summed E-state index contributed by atoms with van der Waals surface area (Å²) in [6, 6.07) is 15.0. The first-order valence-electron chi connectivity index (χ1n) is 7.35. The third-order valence-electron chi connectivity index (χ3n) is 3.20. The molecule has 0 bridgehead atoms. The lowest BCUT2D eigenvalue weighted by Gasteiger charge is -2.10. The third-order valence-corrected chi connectivity index (χ3v) is 3.78. The number of hydrogen-bond acceptors (Lipinski definition) is 3. The molecule has 122 valence electrons. The highest BCUT2D eigenvalue weighted by Gasteiger charge is 2.16. The van der Waals surface area contributed by atoms with E-state index in [1.165, 1.54) is 0 Å². The molecule has 0 saturated carbocycles. The van der Waals surface area contributed by atoms with E-state index in [9.17, 15) is 4.79 Å².